The van der Waals surface area contributed by atoms with Crippen molar-refractivity contribution in [2.24, 2.45) is 5.73 Å². The first-order valence-electron chi connectivity index (χ1n) is 5.38. The summed E-state index contributed by atoms with van der Waals surface area (Å²) in [6.45, 7) is 0. The van der Waals surface area contributed by atoms with Gasteiger partial charge in [0.25, 0.3) is 0 Å². The molecule has 2 aromatic rings. The predicted molar refractivity (Wildman–Crippen MR) is 68.6 cm³/mol. The maximum absolute atomic E-state index is 12.4. The third kappa shape index (κ3) is 3.47. The summed E-state index contributed by atoms with van der Waals surface area (Å²) in [4.78, 5) is 7.78. The number of pyridine rings is 2. The molecule has 0 saturated carbocycles. The molecule has 3 N–H and O–H groups in total. The third-order valence-electron chi connectivity index (χ3n) is 2.32. The maximum Gasteiger partial charge on any atom is 0.417 e. The van der Waals surface area contributed by atoms with Gasteiger partial charge in [-0.1, -0.05) is 11.8 Å². The van der Waals surface area contributed by atoms with E-state index in [0.717, 1.165) is 24.0 Å². The van der Waals surface area contributed by atoms with Gasteiger partial charge in [-0.3, -0.25) is 5.41 Å². The van der Waals surface area contributed by atoms with Crippen molar-refractivity contribution in [3.8, 4) is 0 Å². The van der Waals surface area contributed by atoms with Crippen molar-refractivity contribution >= 4 is 17.6 Å². The van der Waals surface area contributed by atoms with E-state index < -0.39 is 11.7 Å². The highest BCUT2D eigenvalue weighted by atomic mass is 32.2. The Morgan fingerprint density at radius 2 is 1.65 bits per heavy atom. The fourth-order valence-corrected chi connectivity index (χ4v) is 2.01. The van der Waals surface area contributed by atoms with Crippen molar-refractivity contribution in [1.29, 1.82) is 5.41 Å². The molecule has 0 aliphatic rings. The number of halogens is 3. The number of hydrogen-bond donors (Lipinski definition) is 2. The summed E-state index contributed by atoms with van der Waals surface area (Å²) in [5, 5.41) is 8.18. The monoisotopic (exact) mass is 298 g/mol. The molecule has 0 bridgehead atoms. The van der Waals surface area contributed by atoms with Crippen molar-refractivity contribution in [2.45, 2.75) is 16.2 Å². The van der Waals surface area contributed by atoms with E-state index >= 15 is 0 Å². The standard InChI is InChI=1S/C12H9F3N4S/c13-12(14,15)8-2-4-10(19-6-8)20-9-3-1-7(5-18-9)11(16)17/h1-6H,(H3,16,17). The number of aromatic nitrogens is 2. The largest absolute Gasteiger partial charge is 0.417 e. The van der Waals surface area contributed by atoms with E-state index in [4.69, 9.17) is 11.1 Å². The Kier molecular flexibility index (Phi) is 3.93. The van der Waals surface area contributed by atoms with Crippen LogP contribution in [0.4, 0.5) is 13.2 Å². The highest BCUT2D eigenvalue weighted by molar-refractivity contribution is 7.99. The van der Waals surface area contributed by atoms with Gasteiger partial charge in [0.15, 0.2) is 0 Å². The van der Waals surface area contributed by atoms with Crippen LogP contribution in [0, 0.1) is 5.41 Å². The number of nitrogens with zero attached hydrogens (tertiary/aromatic N) is 2. The first-order chi connectivity index (χ1) is 9.36. The Bertz CT molecular complexity index is 608. The van der Waals surface area contributed by atoms with Gasteiger partial charge in [-0.25, -0.2) is 9.97 Å². The lowest BCUT2D eigenvalue weighted by Gasteiger charge is -2.06. The number of nitrogens with two attached hydrogens (primary N) is 1. The minimum atomic E-state index is -4.39. The number of nitrogen functional groups attached to an aromatic ring is 1. The van der Waals surface area contributed by atoms with Crippen molar-refractivity contribution < 1.29 is 13.2 Å². The first kappa shape index (κ1) is 14.3. The Morgan fingerprint density at radius 1 is 1.05 bits per heavy atom. The fraction of sp³-hybridized carbons (Fsp3) is 0.0833. The van der Waals surface area contributed by atoms with Crippen LogP contribution in [-0.2, 0) is 6.18 Å². The normalized spacial score (nSPS) is 11.3. The van der Waals surface area contributed by atoms with E-state index in [0.29, 0.717) is 15.6 Å². The zero-order chi connectivity index (χ0) is 14.8. The highest BCUT2D eigenvalue weighted by Gasteiger charge is 2.30. The second-order valence-electron chi connectivity index (χ2n) is 3.78. The summed E-state index contributed by atoms with van der Waals surface area (Å²) < 4.78 is 37.1. The van der Waals surface area contributed by atoms with Crippen LogP contribution in [0.1, 0.15) is 11.1 Å². The molecule has 2 aromatic heterocycles. The average Bonchev–Trinajstić information content (AvgIpc) is 2.39. The average molecular weight is 298 g/mol. The van der Waals surface area contributed by atoms with E-state index in [1.54, 1.807) is 12.1 Å². The quantitative estimate of drug-likeness (QED) is 0.675. The van der Waals surface area contributed by atoms with Gasteiger partial charge < -0.3 is 5.73 Å². The molecule has 0 radical (unpaired) electrons. The lowest BCUT2D eigenvalue weighted by molar-refractivity contribution is -0.137. The molecular formula is C12H9F3N4S. The predicted octanol–water partition coefficient (Wildman–Crippen LogP) is 2.93. The van der Waals surface area contributed by atoms with E-state index in [2.05, 4.69) is 9.97 Å². The zero-order valence-corrected chi connectivity index (χ0v) is 10.8. The number of hydrogen-bond acceptors (Lipinski definition) is 4. The molecule has 0 aromatic carbocycles. The number of nitrogens with one attached hydrogen (secondary N) is 1. The van der Waals surface area contributed by atoms with Crippen molar-refractivity contribution in [1.82, 2.24) is 9.97 Å². The summed E-state index contributed by atoms with van der Waals surface area (Å²) in [5.74, 6) is -0.0956. The molecular weight excluding hydrogens is 289 g/mol. The summed E-state index contributed by atoms with van der Waals surface area (Å²) in [6.07, 6.45) is -2.18. The minimum Gasteiger partial charge on any atom is -0.384 e. The van der Waals surface area contributed by atoms with Crippen LogP contribution < -0.4 is 5.73 Å². The van der Waals surface area contributed by atoms with E-state index in [1.165, 1.54) is 12.3 Å². The minimum absolute atomic E-state index is 0.0956. The van der Waals surface area contributed by atoms with Crippen LogP contribution in [0.15, 0.2) is 46.7 Å². The maximum atomic E-state index is 12.4. The van der Waals surface area contributed by atoms with Gasteiger partial charge in [0.2, 0.25) is 0 Å². The molecule has 20 heavy (non-hydrogen) atoms. The molecule has 4 nitrogen and oxygen atoms in total. The summed E-state index contributed by atoms with van der Waals surface area (Å²) >= 11 is 1.13. The van der Waals surface area contributed by atoms with Crippen LogP contribution in [0.2, 0.25) is 0 Å². The molecule has 2 rings (SSSR count). The Morgan fingerprint density at radius 3 is 2.05 bits per heavy atom. The van der Waals surface area contributed by atoms with Gasteiger partial charge in [0, 0.05) is 18.0 Å². The second-order valence-corrected chi connectivity index (χ2v) is 4.82. The molecule has 0 unspecified atom stereocenters. The van der Waals surface area contributed by atoms with Crippen LogP contribution >= 0.6 is 11.8 Å². The van der Waals surface area contributed by atoms with Gasteiger partial charge in [-0.2, -0.15) is 13.2 Å². The van der Waals surface area contributed by atoms with Crippen LogP contribution in [0.25, 0.3) is 0 Å². The van der Waals surface area contributed by atoms with Gasteiger partial charge >= 0.3 is 6.18 Å². The van der Waals surface area contributed by atoms with E-state index in [-0.39, 0.29) is 5.84 Å². The lowest BCUT2D eigenvalue weighted by atomic mass is 10.3. The van der Waals surface area contributed by atoms with Crippen LogP contribution in [-0.4, -0.2) is 15.8 Å². The summed E-state index contributed by atoms with van der Waals surface area (Å²) in [7, 11) is 0. The summed E-state index contributed by atoms with van der Waals surface area (Å²) in [5.41, 5.74) is 4.98. The highest BCUT2D eigenvalue weighted by Crippen LogP contribution is 2.30. The number of amidine groups is 1. The third-order valence-corrected chi connectivity index (χ3v) is 3.22. The SMILES string of the molecule is N=C(N)c1ccc(Sc2ccc(C(F)(F)F)cn2)nc1. The molecule has 0 amide bonds. The van der Waals surface area contributed by atoms with E-state index in [1.807, 2.05) is 0 Å². The van der Waals surface area contributed by atoms with Gasteiger partial charge in [-0.05, 0) is 24.3 Å². The van der Waals surface area contributed by atoms with Crippen molar-refractivity contribution in [2.75, 3.05) is 0 Å². The zero-order valence-electron chi connectivity index (χ0n) is 9.98. The topological polar surface area (TPSA) is 75.7 Å². The van der Waals surface area contributed by atoms with Crippen LogP contribution in [0.5, 0.6) is 0 Å². The number of rotatable bonds is 3. The summed E-state index contributed by atoms with van der Waals surface area (Å²) in [6, 6.07) is 5.50. The van der Waals surface area contributed by atoms with Gasteiger partial charge in [0.05, 0.1) is 5.56 Å². The van der Waals surface area contributed by atoms with Crippen molar-refractivity contribution in [3.05, 3.63) is 47.8 Å². The molecule has 2 heterocycles. The molecule has 8 heteroatoms. The second kappa shape index (κ2) is 5.49. The molecule has 0 atom stereocenters. The van der Waals surface area contributed by atoms with Crippen LogP contribution in [0.3, 0.4) is 0 Å². The first-order valence-corrected chi connectivity index (χ1v) is 6.19. The molecule has 0 spiro atoms. The Labute approximate surface area is 116 Å². The Balaban J connectivity index is 2.12. The molecule has 0 fully saturated rings. The number of alkyl halides is 3. The van der Waals surface area contributed by atoms with Gasteiger partial charge in [0.1, 0.15) is 15.9 Å². The van der Waals surface area contributed by atoms with Crippen molar-refractivity contribution in [3.63, 3.8) is 0 Å². The smallest absolute Gasteiger partial charge is 0.384 e. The Hall–Kier alpha value is -2.09. The molecule has 0 saturated heterocycles. The molecule has 0 aliphatic heterocycles. The fourth-order valence-electron chi connectivity index (χ4n) is 1.32. The molecule has 0 aliphatic carbocycles. The van der Waals surface area contributed by atoms with Gasteiger partial charge in [-0.15, -0.1) is 0 Å². The lowest BCUT2D eigenvalue weighted by Crippen LogP contribution is -2.11. The van der Waals surface area contributed by atoms with E-state index in [9.17, 15) is 13.2 Å². The molecule has 104 valence electrons.